The Balaban J connectivity index is 1.92. The summed E-state index contributed by atoms with van der Waals surface area (Å²) in [7, 11) is 0. The molecule has 5 heteroatoms. The zero-order valence-electron chi connectivity index (χ0n) is 10.2. The summed E-state index contributed by atoms with van der Waals surface area (Å²) < 4.78 is 4.88. The summed E-state index contributed by atoms with van der Waals surface area (Å²) in [6.45, 7) is 2.88. The molecule has 1 aromatic carbocycles. The summed E-state index contributed by atoms with van der Waals surface area (Å²) in [5.74, 6) is -0.554. The Bertz CT molecular complexity index is 459. The lowest BCUT2D eigenvalue weighted by Gasteiger charge is -2.22. The molecule has 0 saturated carbocycles. The third kappa shape index (κ3) is 3.07. The van der Waals surface area contributed by atoms with Crippen LogP contribution in [0.3, 0.4) is 0 Å². The number of ether oxygens (including phenoxy) is 1. The molecule has 18 heavy (non-hydrogen) atoms. The first-order valence-electron chi connectivity index (χ1n) is 5.92. The van der Waals surface area contributed by atoms with Gasteiger partial charge in [-0.1, -0.05) is 18.2 Å². The molecule has 0 spiro atoms. The number of cyclic esters (lactones) is 1. The highest BCUT2D eigenvalue weighted by atomic mass is 16.5. The zero-order valence-corrected chi connectivity index (χ0v) is 10.2. The van der Waals surface area contributed by atoms with Crippen LogP contribution in [0.25, 0.3) is 0 Å². The Morgan fingerprint density at radius 2 is 2.28 bits per heavy atom. The molecule has 2 N–H and O–H groups in total. The van der Waals surface area contributed by atoms with Crippen LogP contribution in [0.15, 0.2) is 24.3 Å². The number of para-hydroxylation sites is 1. The molecule has 0 radical (unpaired) electrons. The number of carbonyl (C=O) groups is 2. The van der Waals surface area contributed by atoms with Crippen LogP contribution >= 0.6 is 0 Å². The molecular formula is C13H16N2O3. The van der Waals surface area contributed by atoms with Crippen LogP contribution < -0.4 is 10.6 Å². The third-order valence-corrected chi connectivity index (χ3v) is 2.83. The van der Waals surface area contributed by atoms with Crippen LogP contribution in [0.5, 0.6) is 0 Å². The maximum absolute atomic E-state index is 11.8. The number of anilines is 1. The lowest BCUT2D eigenvalue weighted by Crippen LogP contribution is -2.47. The van der Waals surface area contributed by atoms with Gasteiger partial charge < -0.3 is 15.4 Å². The molecule has 1 heterocycles. The number of nitrogens with one attached hydrogen (secondary N) is 2. The Morgan fingerprint density at radius 1 is 1.50 bits per heavy atom. The van der Waals surface area contributed by atoms with Crippen molar-refractivity contribution >= 4 is 17.6 Å². The molecule has 0 aliphatic carbocycles. The minimum Gasteiger partial charge on any atom is -0.463 e. The monoisotopic (exact) mass is 248 g/mol. The summed E-state index contributed by atoms with van der Waals surface area (Å²) in [6, 6.07) is 6.98. The van der Waals surface area contributed by atoms with Gasteiger partial charge in [0, 0.05) is 12.2 Å². The number of hydrogen-bond donors (Lipinski definition) is 2. The highest BCUT2D eigenvalue weighted by Crippen LogP contribution is 2.14. The van der Waals surface area contributed by atoms with E-state index in [1.54, 1.807) is 0 Å². The number of hydrogen-bond acceptors (Lipinski definition) is 4. The maximum atomic E-state index is 11.8. The van der Waals surface area contributed by atoms with E-state index >= 15 is 0 Å². The SMILES string of the molecule is Cc1ccccc1NC(=O)C[C@@H]1NCCOC1=O. The highest BCUT2D eigenvalue weighted by molar-refractivity contribution is 5.94. The fraction of sp³-hybridized carbons (Fsp3) is 0.385. The van der Waals surface area contributed by atoms with Crippen molar-refractivity contribution in [3.63, 3.8) is 0 Å². The Labute approximate surface area is 106 Å². The van der Waals surface area contributed by atoms with Gasteiger partial charge in [0.15, 0.2) is 0 Å². The van der Waals surface area contributed by atoms with E-state index in [2.05, 4.69) is 10.6 Å². The Morgan fingerprint density at radius 3 is 3.00 bits per heavy atom. The van der Waals surface area contributed by atoms with Crippen LogP contribution in [0.2, 0.25) is 0 Å². The summed E-state index contributed by atoms with van der Waals surface area (Å²) in [4.78, 5) is 23.2. The van der Waals surface area contributed by atoms with Gasteiger partial charge >= 0.3 is 5.97 Å². The van der Waals surface area contributed by atoms with Crippen molar-refractivity contribution in [1.29, 1.82) is 0 Å². The third-order valence-electron chi connectivity index (χ3n) is 2.83. The fourth-order valence-corrected chi connectivity index (χ4v) is 1.82. The van der Waals surface area contributed by atoms with E-state index in [1.165, 1.54) is 0 Å². The molecule has 1 fully saturated rings. The number of esters is 1. The van der Waals surface area contributed by atoms with Crippen LogP contribution in [-0.2, 0) is 14.3 Å². The van der Waals surface area contributed by atoms with Gasteiger partial charge in [-0.3, -0.25) is 9.59 Å². The molecule has 1 atom stereocenters. The highest BCUT2D eigenvalue weighted by Gasteiger charge is 2.25. The van der Waals surface area contributed by atoms with Gasteiger partial charge in [0.1, 0.15) is 12.6 Å². The topological polar surface area (TPSA) is 67.4 Å². The van der Waals surface area contributed by atoms with Gasteiger partial charge in [0.05, 0.1) is 6.42 Å². The van der Waals surface area contributed by atoms with Crippen molar-refractivity contribution in [2.45, 2.75) is 19.4 Å². The summed E-state index contributed by atoms with van der Waals surface area (Å²) >= 11 is 0. The van der Waals surface area contributed by atoms with Crippen molar-refractivity contribution in [1.82, 2.24) is 5.32 Å². The van der Waals surface area contributed by atoms with Gasteiger partial charge in [-0.2, -0.15) is 0 Å². The van der Waals surface area contributed by atoms with E-state index in [0.717, 1.165) is 11.3 Å². The van der Waals surface area contributed by atoms with Gasteiger partial charge in [-0.05, 0) is 18.6 Å². The molecular weight excluding hydrogens is 232 g/mol. The Hall–Kier alpha value is -1.88. The van der Waals surface area contributed by atoms with Crippen molar-refractivity contribution in [2.75, 3.05) is 18.5 Å². The van der Waals surface area contributed by atoms with Crippen molar-refractivity contribution in [2.24, 2.45) is 0 Å². The number of aryl methyl sites for hydroxylation is 1. The summed E-state index contributed by atoms with van der Waals surface area (Å²) in [5.41, 5.74) is 1.76. The standard InChI is InChI=1S/C13H16N2O3/c1-9-4-2-3-5-10(9)15-12(16)8-11-13(17)18-7-6-14-11/h2-5,11,14H,6-8H2,1H3,(H,15,16)/t11-/m0/s1. The molecule has 1 saturated heterocycles. The lowest BCUT2D eigenvalue weighted by atomic mass is 10.1. The van der Waals surface area contributed by atoms with Crippen LogP contribution in [0.1, 0.15) is 12.0 Å². The normalized spacial score (nSPS) is 19.2. The minimum absolute atomic E-state index is 0.0904. The van der Waals surface area contributed by atoms with Crippen molar-refractivity contribution in [3.8, 4) is 0 Å². The van der Waals surface area contributed by atoms with E-state index < -0.39 is 6.04 Å². The second kappa shape index (κ2) is 5.64. The number of morpholine rings is 1. The molecule has 96 valence electrons. The molecule has 0 unspecified atom stereocenters. The summed E-state index contributed by atoms with van der Waals surface area (Å²) in [5, 5.41) is 5.76. The van der Waals surface area contributed by atoms with Crippen LogP contribution in [0, 0.1) is 6.92 Å². The predicted molar refractivity (Wildman–Crippen MR) is 67.2 cm³/mol. The van der Waals surface area contributed by atoms with E-state index in [1.807, 2.05) is 31.2 Å². The quantitative estimate of drug-likeness (QED) is 0.778. The molecule has 2 rings (SSSR count). The van der Waals surface area contributed by atoms with E-state index in [4.69, 9.17) is 4.74 Å². The predicted octanol–water partition coefficient (Wildman–Crippen LogP) is 0.839. The van der Waals surface area contributed by atoms with E-state index in [0.29, 0.717) is 13.2 Å². The number of amides is 1. The fourth-order valence-electron chi connectivity index (χ4n) is 1.82. The van der Waals surface area contributed by atoms with Crippen molar-refractivity contribution in [3.05, 3.63) is 29.8 Å². The smallest absolute Gasteiger partial charge is 0.323 e. The molecule has 1 aliphatic heterocycles. The van der Waals surface area contributed by atoms with Crippen LogP contribution in [-0.4, -0.2) is 31.1 Å². The number of rotatable bonds is 3. The average molecular weight is 248 g/mol. The molecule has 1 amide bonds. The van der Waals surface area contributed by atoms with Gasteiger partial charge in [-0.25, -0.2) is 0 Å². The molecule has 1 aromatic rings. The number of carbonyl (C=O) groups excluding carboxylic acids is 2. The average Bonchev–Trinajstić information content (AvgIpc) is 2.35. The maximum Gasteiger partial charge on any atom is 0.323 e. The summed E-state index contributed by atoms with van der Waals surface area (Å²) in [6.07, 6.45) is 0.0904. The second-order valence-corrected chi connectivity index (χ2v) is 4.24. The minimum atomic E-state index is -0.539. The zero-order chi connectivity index (χ0) is 13.0. The first kappa shape index (κ1) is 12.6. The first-order valence-corrected chi connectivity index (χ1v) is 5.92. The van der Waals surface area contributed by atoms with E-state index in [-0.39, 0.29) is 18.3 Å². The van der Waals surface area contributed by atoms with E-state index in [9.17, 15) is 9.59 Å². The molecule has 0 aromatic heterocycles. The Kier molecular flexibility index (Phi) is 3.94. The van der Waals surface area contributed by atoms with Crippen LogP contribution in [0.4, 0.5) is 5.69 Å². The van der Waals surface area contributed by atoms with Crippen molar-refractivity contribution < 1.29 is 14.3 Å². The van der Waals surface area contributed by atoms with Gasteiger partial charge in [0.25, 0.3) is 0 Å². The number of benzene rings is 1. The first-order chi connectivity index (χ1) is 8.66. The molecule has 5 nitrogen and oxygen atoms in total. The molecule has 1 aliphatic rings. The van der Waals surface area contributed by atoms with Gasteiger partial charge in [0.2, 0.25) is 5.91 Å². The lowest BCUT2D eigenvalue weighted by molar-refractivity contribution is -0.150. The largest absolute Gasteiger partial charge is 0.463 e. The molecule has 0 bridgehead atoms. The second-order valence-electron chi connectivity index (χ2n) is 4.24. The van der Waals surface area contributed by atoms with Gasteiger partial charge in [-0.15, -0.1) is 0 Å².